The van der Waals surface area contributed by atoms with Crippen molar-refractivity contribution in [1.29, 1.82) is 0 Å². The maximum atomic E-state index is 13.4. The van der Waals surface area contributed by atoms with Gasteiger partial charge in [-0.3, -0.25) is 9.59 Å². The van der Waals surface area contributed by atoms with Crippen LogP contribution >= 0.6 is 0 Å². The van der Waals surface area contributed by atoms with Crippen molar-refractivity contribution in [3.8, 4) is 22.3 Å². The van der Waals surface area contributed by atoms with Gasteiger partial charge in [-0.25, -0.2) is 0 Å². The van der Waals surface area contributed by atoms with Crippen LogP contribution in [0.4, 0.5) is 0 Å². The third-order valence-electron chi connectivity index (χ3n) is 6.70. The second-order valence-corrected chi connectivity index (χ2v) is 9.53. The SMILES string of the molecule is C/C=C\C=C(/C(C)=O)c1[nH]c2ccc(C(=O)N(CCC)CCC)cc2c1-c1ccc(-c2ccccc2)cc1.CC. The number of nitrogens with one attached hydrogen (secondary N) is 1. The second kappa shape index (κ2) is 14.8. The van der Waals surface area contributed by atoms with Crippen molar-refractivity contribution in [3.63, 3.8) is 0 Å². The van der Waals surface area contributed by atoms with Gasteiger partial charge in [-0.15, -0.1) is 0 Å². The van der Waals surface area contributed by atoms with Crippen LogP contribution in [0.5, 0.6) is 0 Å². The summed E-state index contributed by atoms with van der Waals surface area (Å²) in [6.45, 7) is 13.2. The van der Waals surface area contributed by atoms with Gasteiger partial charge in [0.1, 0.15) is 0 Å². The molecule has 1 N–H and O–H groups in total. The van der Waals surface area contributed by atoms with Gasteiger partial charge >= 0.3 is 0 Å². The normalized spacial score (nSPS) is 11.4. The molecular formula is C36H42N2O2. The smallest absolute Gasteiger partial charge is 0.253 e. The fourth-order valence-corrected chi connectivity index (χ4v) is 4.89. The molecule has 3 aromatic carbocycles. The molecule has 4 heteroatoms. The molecule has 0 fully saturated rings. The molecule has 0 bridgehead atoms. The molecule has 208 valence electrons. The van der Waals surface area contributed by atoms with Crippen LogP contribution < -0.4 is 0 Å². The van der Waals surface area contributed by atoms with E-state index in [9.17, 15) is 9.59 Å². The quantitative estimate of drug-likeness (QED) is 0.163. The molecule has 0 spiro atoms. The minimum atomic E-state index is -0.0230. The first-order valence-corrected chi connectivity index (χ1v) is 14.4. The lowest BCUT2D eigenvalue weighted by atomic mass is 9.94. The molecule has 0 aliphatic rings. The number of benzene rings is 3. The summed E-state index contributed by atoms with van der Waals surface area (Å²) >= 11 is 0. The summed E-state index contributed by atoms with van der Waals surface area (Å²) in [5.74, 6) is 0.0187. The molecule has 0 saturated heterocycles. The number of H-pyrrole nitrogens is 1. The maximum Gasteiger partial charge on any atom is 0.253 e. The number of fused-ring (bicyclic) bond motifs is 1. The fraction of sp³-hybridized carbons (Fsp3) is 0.278. The minimum Gasteiger partial charge on any atom is -0.354 e. The number of ketones is 1. The second-order valence-electron chi connectivity index (χ2n) is 9.53. The lowest BCUT2D eigenvalue weighted by molar-refractivity contribution is -0.111. The van der Waals surface area contributed by atoms with E-state index in [1.807, 2.05) is 80.3 Å². The van der Waals surface area contributed by atoms with Gasteiger partial charge in [-0.1, -0.05) is 94.4 Å². The zero-order chi connectivity index (χ0) is 29.1. The van der Waals surface area contributed by atoms with Gasteiger partial charge in [0.2, 0.25) is 0 Å². The van der Waals surface area contributed by atoms with Crippen molar-refractivity contribution in [2.45, 2.75) is 54.4 Å². The van der Waals surface area contributed by atoms with Crippen molar-refractivity contribution < 1.29 is 9.59 Å². The van der Waals surface area contributed by atoms with Crippen molar-refractivity contribution in [2.24, 2.45) is 0 Å². The zero-order valence-electron chi connectivity index (χ0n) is 24.8. The Hall–Kier alpha value is -4.18. The highest BCUT2D eigenvalue weighted by Gasteiger charge is 2.21. The van der Waals surface area contributed by atoms with Gasteiger partial charge in [0.05, 0.1) is 5.69 Å². The van der Waals surface area contributed by atoms with E-state index in [1.165, 1.54) is 0 Å². The van der Waals surface area contributed by atoms with Gasteiger partial charge in [-0.05, 0) is 67.7 Å². The summed E-state index contributed by atoms with van der Waals surface area (Å²) in [5, 5.41) is 0.930. The molecule has 0 aliphatic heterocycles. The monoisotopic (exact) mass is 534 g/mol. The number of nitrogens with zero attached hydrogens (tertiary/aromatic N) is 1. The van der Waals surface area contributed by atoms with Gasteiger partial charge < -0.3 is 9.88 Å². The largest absolute Gasteiger partial charge is 0.354 e. The number of allylic oxidation sites excluding steroid dienone is 4. The molecular weight excluding hydrogens is 492 g/mol. The molecule has 4 nitrogen and oxygen atoms in total. The van der Waals surface area contributed by atoms with Gasteiger partial charge in [0.25, 0.3) is 5.91 Å². The summed E-state index contributed by atoms with van der Waals surface area (Å²) in [5.41, 5.74) is 7.11. The third-order valence-corrected chi connectivity index (χ3v) is 6.70. The Morgan fingerprint density at radius 2 is 1.43 bits per heavy atom. The lowest BCUT2D eigenvalue weighted by Gasteiger charge is -2.21. The summed E-state index contributed by atoms with van der Waals surface area (Å²) in [4.78, 5) is 31.6. The number of hydrogen-bond donors (Lipinski definition) is 1. The van der Waals surface area contributed by atoms with Crippen LogP contribution in [0.2, 0.25) is 0 Å². The van der Waals surface area contributed by atoms with Crippen LogP contribution in [0.15, 0.2) is 91.0 Å². The van der Waals surface area contributed by atoms with Crippen LogP contribution in [-0.2, 0) is 4.79 Å². The number of aromatic nitrogens is 1. The van der Waals surface area contributed by atoms with Crippen LogP contribution in [-0.4, -0.2) is 34.7 Å². The van der Waals surface area contributed by atoms with Crippen molar-refractivity contribution >= 4 is 28.2 Å². The first-order chi connectivity index (χ1) is 19.5. The van der Waals surface area contributed by atoms with Gasteiger partial charge in [0, 0.05) is 40.7 Å². The van der Waals surface area contributed by atoms with Gasteiger partial charge in [0.15, 0.2) is 5.78 Å². The minimum absolute atomic E-state index is 0.0230. The van der Waals surface area contributed by atoms with Crippen LogP contribution in [0.25, 0.3) is 38.7 Å². The first-order valence-electron chi connectivity index (χ1n) is 14.4. The number of carbonyl (C=O) groups is 2. The standard InChI is InChI=1S/C34H36N2O2.C2H6/c1-5-8-14-29(24(4)37)33-32(27-17-15-26(16-18-27)25-12-10-9-11-13-25)30-23-28(19-20-31(30)35-33)34(38)36(21-6-2)22-7-3;1-2/h5,8-20,23,35H,6-7,21-22H2,1-4H3;1-2H3/b8-5-,29-14+;. The Morgan fingerprint density at radius 1 is 0.825 bits per heavy atom. The van der Waals surface area contributed by atoms with Crippen LogP contribution in [0.1, 0.15) is 70.4 Å². The topological polar surface area (TPSA) is 53.2 Å². The highest BCUT2D eigenvalue weighted by Crippen LogP contribution is 2.38. The first kappa shape index (κ1) is 30.4. The fourth-order valence-electron chi connectivity index (χ4n) is 4.89. The molecule has 4 rings (SSSR count). The van der Waals surface area contributed by atoms with E-state index >= 15 is 0 Å². The third kappa shape index (κ3) is 6.87. The molecule has 0 radical (unpaired) electrons. The number of amides is 1. The number of aromatic amines is 1. The maximum absolute atomic E-state index is 13.4. The van der Waals surface area contributed by atoms with Crippen LogP contribution in [0.3, 0.4) is 0 Å². The lowest BCUT2D eigenvalue weighted by Crippen LogP contribution is -2.32. The predicted molar refractivity (Wildman–Crippen MR) is 170 cm³/mol. The van der Waals surface area contributed by atoms with Crippen molar-refractivity contribution in [3.05, 3.63) is 102 Å². The number of hydrogen-bond acceptors (Lipinski definition) is 2. The Morgan fingerprint density at radius 3 is 2.00 bits per heavy atom. The van der Waals surface area contributed by atoms with E-state index in [-0.39, 0.29) is 11.7 Å². The predicted octanol–water partition coefficient (Wildman–Crippen LogP) is 9.34. The van der Waals surface area contributed by atoms with E-state index in [0.29, 0.717) is 11.1 Å². The summed E-state index contributed by atoms with van der Waals surface area (Å²) < 4.78 is 0. The van der Waals surface area contributed by atoms with Crippen LogP contribution in [0, 0.1) is 0 Å². The molecule has 4 aromatic rings. The van der Waals surface area contributed by atoms with Crippen molar-refractivity contribution in [2.75, 3.05) is 13.1 Å². The van der Waals surface area contributed by atoms with E-state index in [4.69, 9.17) is 0 Å². The van der Waals surface area contributed by atoms with E-state index < -0.39 is 0 Å². The number of rotatable bonds is 10. The molecule has 0 unspecified atom stereocenters. The number of carbonyl (C=O) groups excluding carboxylic acids is 2. The molecule has 0 aliphatic carbocycles. The average molecular weight is 535 g/mol. The molecule has 40 heavy (non-hydrogen) atoms. The van der Waals surface area contributed by atoms with Crippen molar-refractivity contribution in [1.82, 2.24) is 9.88 Å². The Balaban J connectivity index is 0.00000216. The Labute approximate surface area is 239 Å². The van der Waals surface area contributed by atoms with E-state index in [0.717, 1.165) is 64.8 Å². The Kier molecular flexibility index (Phi) is 11.3. The summed E-state index contributed by atoms with van der Waals surface area (Å²) in [6, 6.07) is 24.5. The zero-order valence-corrected chi connectivity index (χ0v) is 24.8. The molecule has 0 saturated carbocycles. The molecule has 0 atom stereocenters. The average Bonchev–Trinajstić information content (AvgIpc) is 3.36. The molecule has 1 aromatic heterocycles. The molecule has 1 amide bonds. The Bertz CT molecular complexity index is 1470. The summed E-state index contributed by atoms with van der Waals surface area (Å²) in [7, 11) is 0. The highest BCUT2D eigenvalue weighted by atomic mass is 16.2. The summed E-state index contributed by atoms with van der Waals surface area (Å²) in [6.07, 6.45) is 7.47. The van der Waals surface area contributed by atoms with Gasteiger partial charge in [-0.2, -0.15) is 0 Å². The van der Waals surface area contributed by atoms with E-state index in [1.54, 1.807) is 6.92 Å². The molecule has 1 heterocycles. The van der Waals surface area contributed by atoms with E-state index in [2.05, 4.69) is 55.2 Å². The highest BCUT2D eigenvalue weighted by molar-refractivity contribution is 6.23. The number of Topliss-reactive ketones (excluding diaryl/α,β-unsaturated/α-hetero) is 1.